The quantitative estimate of drug-likeness (QED) is 0.557. The van der Waals surface area contributed by atoms with E-state index in [1.165, 1.54) is 16.7 Å². The Bertz CT molecular complexity index is 310. The smallest absolute Gasteiger partial charge is 0.150 e. The molecule has 0 heterocycles. The minimum atomic E-state index is -1.49. The predicted octanol–water partition coefficient (Wildman–Crippen LogP) is 4.11. The van der Waals surface area contributed by atoms with Crippen LogP contribution in [0.1, 0.15) is 29.5 Å². The largest absolute Gasteiger partial charge is 0.237 e. The molecule has 78 valence electrons. The molecule has 0 radical (unpaired) electrons. The van der Waals surface area contributed by atoms with E-state index in [2.05, 4.69) is 39.0 Å². The summed E-state index contributed by atoms with van der Waals surface area (Å²) >= 11 is 11.8. The van der Waals surface area contributed by atoms with Crippen LogP contribution in [0.2, 0.25) is 6.04 Å². The monoisotopic (exact) mass is 246 g/mol. The number of halogens is 2. The van der Waals surface area contributed by atoms with Crippen LogP contribution in [-0.2, 0) is 0 Å². The van der Waals surface area contributed by atoms with Gasteiger partial charge >= 0.3 is 0 Å². The molecule has 1 aromatic rings. The fraction of sp³-hybridized carbons (Fsp3) is 0.455. The van der Waals surface area contributed by atoms with Crippen LogP contribution < -0.4 is 0 Å². The van der Waals surface area contributed by atoms with Crippen molar-refractivity contribution >= 4 is 29.6 Å². The van der Waals surface area contributed by atoms with E-state index in [-0.39, 0.29) is 0 Å². The Labute approximate surface area is 97.3 Å². The molecular weight excluding hydrogens is 231 g/mol. The lowest BCUT2D eigenvalue weighted by atomic mass is 9.96. The molecule has 0 bridgehead atoms. The molecule has 0 amide bonds. The van der Waals surface area contributed by atoms with Gasteiger partial charge in [0.1, 0.15) is 0 Å². The molecule has 0 saturated heterocycles. The maximum absolute atomic E-state index is 5.92. The Morgan fingerprint density at radius 1 is 1.29 bits per heavy atom. The van der Waals surface area contributed by atoms with Crippen LogP contribution in [0.5, 0.6) is 0 Å². The first kappa shape index (κ1) is 12.1. The zero-order valence-electron chi connectivity index (χ0n) is 8.85. The van der Waals surface area contributed by atoms with Gasteiger partial charge in [-0.25, -0.2) is 0 Å². The standard InChI is InChI=1S/C11H16Cl2Si/c1-8-4-5-9(2)11(6-8)10(3)7-14(12)13/h4-6,10,14H,7H2,1-3H3. The molecule has 0 aliphatic carbocycles. The van der Waals surface area contributed by atoms with Crippen molar-refractivity contribution in [3.63, 3.8) is 0 Å². The Morgan fingerprint density at radius 3 is 2.50 bits per heavy atom. The Hall–Kier alpha value is 0.0169. The average Bonchev–Trinajstić information content (AvgIpc) is 2.08. The first-order valence-corrected chi connectivity index (χ1v) is 9.16. The summed E-state index contributed by atoms with van der Waals surface area (Å²) in [6, 6.07) is 7.50. The highest BCUT2D eigenvalue weighted by molar-refractivity contribution is 7.33. The third-order valence-corrected chi connectivity index (χ3v) is 4.63. The van der Waals surface area contributed by atoms with Crippen molar-refractivity contribution in [2.45, 2.75) is 32.7 Å². The molecule has 0 aliphatic rings. The van der Waals surface area contributed by atoms with Crippen LogP contribution >= 0.6 is 22.2 Å². The molecular formula is C11H16Cl2Si. The summed E-state index contributed by atoms with van der Waals surface area (Å²) in [6.45, 7) is 6.46. The summed E-state index contributed by atoms with van der Waals surface area (Å²) in [5.74, 6) is 0.488. The highest BCUT2D eigenvalue weighted by Gasteiger charge is 2.13. The summed E-state index contributed by atoms with van der Waals surface area (Å²) in [4.78, 5) is 0. The maximum atomic E-state index is 5.92. The third kappa shape index (κ3) is 3.30. The van der Waals surface area contributed by atoms with E-state index < -0.39 is 7.42 Å². The fourth-order valence-electron chi connectivity index (χ4n) is 1.69. The van der Waals surface area contributed by atoms with Gasteiger partial charge in [-0.1, -0.05) is 30.7 Å². The van der Waals surface area contributed by atoms with E-state index >= 15 is 0 Å². The van der Waals surface area contributed by atoms with Crippen molar-refractivity contribution < 1.29 is 0 Å². The number of hydrogen-bond donors (Lipinski definition) is 0. The highest BCUT2D eigenvalue weighted by atomic mass is 35.7. The topological polar surface area (TPSA) is 0 Å². The number of aryl methyl sites for hydroxylation is 2. The second-order valence-corrected chi connectivity index (χ2v) is 8.97. The zero-order valence-corrected chi connectivity index (χ0v) is 11.5. The average molecular weight is 247 g/mol. The summed E-state index contributed by atoms with van der Waals surface area (Å²) in [6.07, 6.45) is 0. The molecule has 1 atom stereocenters. The summed E-state index contributed by atoms with van der Waals surface area (Å²) in [5, 5.41) is 0. The van der Waals surface area contributed by atoms with Crippen molar-refractivity contribution in [1.82, 2.24) is 0 Å². The van der Waals surface area contributed by atoms with Crippen molar-refractivity contribution in [1.29, 1.82) is 0 Å². The van der Waals surface area contributed by atoms with E-state index in [1.807, 2.05) is 0 Å². The summed E-state index contributed by atoms with van der Waals surface area (Å²) < 4.78 is 0. The van der Waals surface area contributed by atoms with E-state index in [0.717, 1.165) is 6.04 Å². The molecule has 0 aromatic heterocycles. The van der Waals surface area contributed by atoms with E-state index in [4.69, 9.17) is 22.2 Å². The number of benzene rings is 1. The highest BCUT2D eigenvalue weighted by Crippen LogP contribution is 2.27. The predicted molar refractivity (Wildman–Crippen MR) is 68.0 cm³/mol. The molecule has 1 aromatic carbocycles. The molecule has 0 N–H and O–H groups in total. The first-order chi connectivity index (χ1) is 6.50. The Kier molecular flexibility index (Phi) is 4.49. The van der Waals surface area contributed by atoms with Crippen molar-refractivity contribution in [3.8, 4) is 0 Å². The lowest BCUT2D eigenvalue weighted by molar-refractivity contribution is 0.849. The molecule has 0 aliphatic heterocycles. The van der Waals surface area contributed by atoms with Gasteiger partial charge in [-0.15, -0.1) is 0 Å². The van der Waals surface area contributed by atoms with Crippen LogP contribution in [0.25, 0.3) is 0 Å². The normalized spacial score (nSPS) is 13.3. The van der Waals surface area contributed by atoms with E-state index in [9.17, 15) is 0 Å². The Balaban J connectivity index is 2.88. The van der Waals surface area contributed by atoms with Gasteiger partial charge < -0.3 is 0 Å². The summed E-state index contributed by atoms with van der Waals surface area (Å²) in [5.41, 5.74) is 4.04. The second-order valence-electron chi connectivity index (χ2n) is 3.89. The van der Waals surface area contributed by atoms with Gasteiger partial charge in [0.15, 0.2) is 0 Å². The van der Waals surface area contributed by atoms with Gasteiger partial charge in [-0.2, -0.15) is 22.2 Å². The van der Waals surface area contributed by atoms with Crippen LogP contribution in [0.15, 0.2) is 18.2 Å². The number of hydrogen-bond acceptors (Lipinski definition) is 0. The zero-order chi connectivity index (χ0) is 10.7. The Morgan fingerprint density at radius 2 is 1.93 bits per heavy atom. The molecule has 0 nitrogen and oxygen atoms in total. The van der Waals surface area contributed by atoms with E-state index in [0.29, 0.717) is 5.92 Å². The lowest BCUT2D eigenvalue weighted by Crippen LogP contribution is -2.03. The van der Waals surface area contributed by atoms with Crippen LogP contribution in [0.3, 0.4) is 0 Å². The third-order valence-electron chi connectivity index (χ3n) is 2.50. The molecule has 1 unspecified atom stereocenters. The number of rotatable bonds is 3. The molecule has 0 spiro atoms. The van der Waals surface area contributed by atoms with Crippen LogP contribution in [0, 0.1) is 13.8 Å². The van der Waals surface area contributed by atoms with Crippen LogP contribution in [0.4, 0.5) is 0 Å². The summed E-state index contributed by atoms with van der Waals surface area (Å²) in [7, 11) is -1.49. The molecule has 0 fully saturated rings. The van der Waals surface area contributed by atoms with Gasteiger partial charge in [0.05, 0.1) is 0 Å². The van der Waals surface area contributed by atoms with Crippen molar-refractivity contribution in [2.75, 3.05) is 0 Å². The van der Waals surface area contributed by atoms with Crippen molar-refractivity contribution in [3.05, 3.63) is 34.9 Å². The van der Waals surface area contributed by atoms with Crippen LogP contribution in [-0.4, -0.2) is 7.42 Å². The minimum Gasteiger partial charge on any atom is -0.150 e. The maximum Gasteiger partial charge on any atom is 0.237 e. The minimum absolute atomic E-state index is 0.488. The van der Waals surface area contributed by atoms with Gasteiger partial charge in [-0.05, 0) is 36.9 Å². The molecule has 1 rings (SSSR count). The van der Waals surface area contributed by atoms with Gasteiger partial charge in [-0.3, -0.25) is 0 Å². The van der Waals surface area contributed by atoms with Gasteiger partial charge in [0.2, 0.25) is 7.42 Å². The SMILES string of the molecule is Cc1ccc(C)c(C(C)C[SiH](Cl)Cl)c1. The van der Waals surface area contributed by atoms with Gasteiger partial charge in [0.25, 0.3) is 0 Å². The lowest BCUT2D eigenvalue weighted by Gasteiger charge is -2.15. The van der Waals surface area contributed by atoms with E-state index in [1.54, 1.807) is 0 Å². The van der Waals surface area contributed by atoms with Gasteiger partial charge in [0, 0.05) is 0 Å². The first-order valence-electron chi connectivity index (χ1n) is 4.86. The molecule has 0 saturated carbocycles. The molecule has 14 heavy (non-hydrogen) atoms. The molecule has 3 heteroatoms. The fourth-order valence-corrected chi connectivity index (χ4v) is 4.08. The van der Waals surface area contributed by atoms with Crippen molar-refractivity contribution in [2.24, 2.45) is 0 Å². The second kappa shape index (κ2) is 5.20.